The summed E-state index contributed by atoms with van der Waals surface area (Å²) in [6.45, 7) is 19.0. The number of nitrogens with zero attached hydrogens (tertiary/aromatic N) is 16. The van der Waals surface area contributed by atoms with Gasteiger partial charge in [-0.15, -0.1) is 123 Å². The predicted molar refractivity (Wildman–Crippen MR) is 590 cm³/mol. The van der Waals surface area contributed by atoms with Crippen molar-refractivity contribution in [1.82, 2.24) is 49.3 Å². The van der Waals surface area contributed by atoms with Crippen molar-refractivity contribution in [3.05, 3.63) is 488 Å². The number of para-hydroxylation sites is 4. The van der Waals surface area contributed by atoms with Gasteiger partial charge < -0.3 is 68.8 Å². The van der Waals surface area contributed by atoms with Crippen molar-refractivity contribution in [3.8, 4) is 33.9 Å². The first-order valence-corrected chi connectivity index (χ1v) is 51.7. The zero-order chi connectivity index (χ0) is 97.2. The largest absolute Gasteiger partial charge is 0.508 e. The summed E-state index contributed by atoms with van der Waals surface area (Å²) < 4.78 is 0. The third-order valence-corrected chi connectivity index (χ3v) is 27.0. The maximum absolute atomic E-state index is 4.78. The molecular formula is C128H126Ir3N16-14. The first-order valence-electron chi connectivity index (χ1n) is 51.7. The van der Waals surface area contributed by atoms with Crippen LogP contribution in [0.4, 0.5) is 34.1 Å². The predicted octanol–water partition coefficient (Wildman–Crippen LogP) is 28.2. The summed E-state index contributed by atoms with van der Waals surface area (Å²) in [5.74, 6) is 0. The standard InChI is InChI=1S/2C43H42N5.C42H42N6.3Ir/c1(4-12-36-18-22-38(23-19-36)43-32-39-14-8-9-15-40(39)33-44-43)2-5-13-37-20-24-42(25-21-37)48-31-29-46(35-48)27-11-10-26-45-28-30-47(34-45)41-16-6-3-7-17-41;1(4-12-36-18-22-39(23-19-36)43-42-17-9-8-14-38(42)26-27-44-43)2-5-13-37-20-24-41(25-21-37)48-33-31-46(35-48)29-11-10-28-45-30-32-47(34-45)40-15-6-3-7-16-40;1(2-5-13-36-20-24-41(43-32-36)42-25-21-37-14-8-9-17-40(37)44-42)4-12-35-18-22-39(23-19-35)48-31-29-46(34-48)27-11-10-26-45-28-30-47(33-45)38-15-6-3-7-16-38;;;/h3,6-9,14-16,18-22,24,28-35H,1-2,4-5,10-13,26-27H2;3,6-9,14-15,17-22,24,26-27,30-35H,1-2,4-5,10-13,28-29H2;3,6-9,14-15,17-22,24-25,28-34H,1-2,4-5,10-13,26-27H2;;;/q2*-5;-4;;;. The summed E-state index contributed by atoms with van der Waals surface area (Å²) in [5.41, 5.74) is 21.5. The van der Waals surface area contributed by atoms with E-state index in [0.717, 1.165) is 195 Å². The summed E-state index contributed by atoms with van der Waals surface area (Å²) in [4.78, 5) is 45.1. The topological polar surface area (TPSA) is 90.4 Å². The molecular weight excluding hydrogens is 2340 g/mol. The van der Waals surface area contributed by atoms with E-state index in [1.54, 1.807) is 0 Å². The maximum Gasteiger partial charge on any atom is 0.0893 e. The van der Waals surface area contributed by atoms with Crippen LogP contribution >= 0.6 is 0 Å². The van der Waals surface area contributed by atoms with Crippen molar-refractivity contribution in [3.63, 3.8) is 0 Å². The van der Waals surface area contributed by atoms with Crippen LogP contribution < -0.4 is 29.4 Å². The summed E-state index contributed by atoms with van der Waals surface area (Å²) in [7, 11) is 0. The minimum atomic E-state index is 0. The van der Waals surface area contributed by atoms with Gasteiger partial charge in [0, 0.05) is 84.3 Å². The molecule has 0 aliphatic carbocycles. The number of unbranched alkanes of at least 4 members (excludes halogenated alkanes) is 12. The van der Waals surface area contributed by atoms with Gasteiger partial charge in [0.25, 0.3) is 0 Å². The Balaban J connectivity index is 0.000000156. The minimum Gasteiger partial charge on any atom is -0.508 e. The van der Waals surface area contributed by atoms with E-state index in [-0.39, 0.29) is 60.3 Å². The van der Waals surface area contributed by atoms with E-state index >= 15 is 0 Å². The second kappa shape index (κ2) is 56.1. The summed E-state index contributed by atoms with van der Waals surface area (Å²) >= 11 is 0. The Kier molecular flexibility index (Phi) is 40.7. The Morgan fingerprint density at radius 1 is 0.224 bits per heavy atom. The van der Waals surface area contributed by atoms with Crippen molar-refractivity contribution in [1.29, 1.82) is 0 Å². The number of pyridine rings is 4. The van der Waals surface area contributed by atoms with Crippen LogP contribution in [0.2, 0.25) is 0 Å². The molecule has 0 spiro atoms. The molecule has 6 aliphatic rings. The number of hydrogen-bond donors (Lipinski definition) is 0. The Labute approximate surface area is 913 Å². The number of fused-ring (bicyclic) bond motifs is 3. The van der Waals surface area contributed by atoms with Crippen LogP contribution in [-0.2, 0) is 98.8 Å². The monoisotopic (exact) mass is 2470 g/mol. The molecule has 10 heterocycles. The van der Waals surface area contributed by atoms with Gasteiger partial charge in [0.05, 0.1) is 16.9 Å². The van der Waals surface area contributed by atoms with Gasteiger partial charge in [-0.1, -0.05) is 188 Å². The fraction of sp³-hybridized carbons (Fsp3) is 0.234. The van der Waals surface area contributed by atoms with Crippen LogP contribution in [0.25, 0.3) is 66.4 Å². The minimum absolute atomic E-state index is 0. The normalized spacial score (nSPS) is 13.9. The third-order valence-electron chi connectivity index (χ3n) is 27.0. The average molecular weight is 2470 g/mol. The average Bonchev–Trinajstić information content (AvgIpc) is 1.73. The number of hydrogen-bond acceptors (Lipinski definition) is 16. The molecule has 0 unspecified atom stereocenters. The molecule has 21 rings (SSSR count). The number of rotatable bonds is 45. The first-order chi connectivity index (χ1) is 71.3. The van der Waals surface area contributed by atoms with Crippen LogP contribution in [0.15, 0.2) is 366 Å². The van der Waals surface area contributed by atoms with E-state index in [0.29, 0.717) is 0 Å². The maximum atomic E-state index is 4.78. The molecule has 19 heteroatoms. The number of aryl methyl sites for hydroxylation is 6. The number of aromatic nitrogens is 4. The van der Waals surface area contributed by atoms with Crippen molar-refractivity contribution >= 4 is 66.6 Å². The zero-order valence-corrected chi connectivity index (χ0v) is 90.7. The molecule has 11 aromatic carbocycles. The first kappa shape index (κ1) is 107. The van der Waals surface area contributed by atoms with Gasteiger partial charge in [-0.3, -0.25) is 4.98 Å². The van der Waals surface area contributed by atoms with Gasteiger partial charge in [0.15, 0.2) is 0 Å². The molecule has 759 valence electrons. The smallest absolute Gasteiger partial charge is 0.0893 e. The molecule has 0 fully saturated rings. The third kappa shape index (κ3) is 31.2. The van der Waals surface area contributed by atoms with Crippen molar-refractivity contribution < 1.29 is 60.3 Å². The molecule has 0 amide bonds. The number of benzene rings is 11. The van der Waals surface area contributed by atoms with Gasteiger partial charge >= 0.3 is 0 Å². The van der Waals surface area contributed by atoms with E-state index in [1.807, 2.05) is 91.4 Å². The second-order valence-electron chi connectivity index (χ2n) is 37.7. The van der Waals surface area contributed by atoms with Crippen molar-refractivity contribution in [2.45, 2.75) is 154 Å². The molecule has 16 nitrogen and oxygen atoms in total. The zero-order valence-electron chi connectivity index (χ0n) is 83.5. The summed E-state index contributed by atoms with van der Waals surface area (Å²) in [6, 6.07) is 122. The molecule has 15 aromatic rings. The second-order valence-corrected chi connectivity index (χ2v) is 37.7. The van der Waals surface area contributed by atoms with E-state index in [4.69, 9.17) is 9.97 Å². The fourth-order valence-corrected chi connectivity index (χ4v) is 18.8. The molecule has 0 saturated carbocycles. The molecule has 0 bridgehead atoms. The SMILES string of the molecule is [Ir].[Ir].[Ir].[c-]1cc(CCCCCCc2c[c-]c(N3C=CN(CCCCN4C=CN(c5[c-]cccc5)[CH-]4)[CH-]3)cc2)ccc1-c1cc2ccccc2cn1.[c-]1cc(CCCCCCc2c[c-]c(N3C=CN(CCCCN4C=CN(c5[c-]cccc5)[CH-]4)[CH-]3)cc2)ccc1-c1nccc2ccccc12.[c-]1ccccc1N1C=CN(CCCCN2C=CN(c3[c-]cc(CCCCCCc4ccc(-c5ccc6ccccc6n5)nc4)cc3)[CH-]2)[CH-]1. The molecule has 147 heavy (non-hydrogen) atoms. The summed E-state index contributed by atoms with van der Waals surface area (Å²) in [5, 5.41) is 5.93. The van der Waals surface area contributed by atoms with Crippen LogP contribution in [0.3, 0.4) is 0 Å². The Hall–Kier alpha value is -13.2. The van der Waals surface area contributed by atoms with Crippen molar-refractivity contribution in [2.24, 2.45) is 0 Å². The van der Waals surface area contributed by atoms with Gasteiger partial charge in [0.2, 0.25) is 0 Å². The van der Waals surface area contributed by atoms with Crippen LogP contribution in [0, 0.1) is 88.5 Å². The van der Waals surface area contributed by atoms with Gasteiger partial charge in [0.1, 0.15) is 0 Å². The molecule has 0 atom stereocenters. The Morgan fingerprint density at radius 2 is 0.558 bits per heavy atom. The molecule has 0 saturated heterocycles. The van der Waals surface area contributed by atoms with Gasteiger partial charge in [-0.25, -0.2) is 4.98 Å². The van der Waals surface area contributed by atoms with E-state index in [2.05, 4.69) is 432 Å². The van der Waals surface area contributed by atoms with Crippen LogP contribution in [-0.4, -0.2) is 88.6 Å². The van der Waals surface area contributed by atoms with Crippen LogP contribution in [0.5, 0.6) is 0 Å². The molecule has 3 radical (unpaired) electrons. The quantitative estimate of drug-likeness (QED) is 0.0268. The number of anilines is 6. The summed E-state index contributed by atoms with van der Waals surface area (Å²) in [6.07, 6.45) is 59.4. The van der Waals surface area contributed by atoms with Gasteiger partial charge in [-0.05, 0) is 228 Å². The Morgan fingerprint density at radius 3 is 0.932 bits per heavy atom. The van der Waals surface area contributed by atoms with Crippen molar-refractivity contribution in [2.75, 3.05) is 68.7 Å². The molecule has 6 aliphatic heterocycles. The van der Waals surface area contributed by atoms with E-state index in [1.165, 1.54) is 132 Å². The van der Waals surface area contributed by atoms with E-state index in [9.17, 15) is 0 Å². The molecule has 4 aromatic heterocycles. The Bertz CT molecular complexity index is 6410. The fourth-order valence-electron chi connectivity index (χ4n) is 18.8. The van der Waals surface area contributed by atoms with E-state index < -0.39 is 0 Å². The van der Waals surface area contributed by atoms with Gasteiger partial charge in [-0.2, -0.15) is 202 Å². The molecule has 0 N–H and O–H groups in total. The van der Waals surface area contributed by atoms with Crippen LogP contribution in [0.1, 0.15) is 149 Å².